The fourth-order valence-corrected chi connectivity index (χ4v) is 4.62. The van der Waals surface area contributed by atoms with Gasteiger partial charge in [-0.2, -0.15) is 0 Å². The molecule has 0 aliphatic heterocycles. The largest absolute Gasteiger partial charge is 0.495 e. The molecule has 0 bridgehead atoms. The Morgan fingerprint density at radius 3 is 2.61 bits per heavy atom. The van der Waals surface area contributed by atoms with E-state index in [-0.39, 0.29) is 5.91 Å². The summed E-state index contributed by atoms with van der Waals surface area (Å²) in [4.78, 5) is 17.8. The van der Waals surface area contributed by atoms with Crippen LogP contribution in [0.15, 0.2) is 75.6 Å². The number of amides is 1. The number of carbonyl (C=O) groups is 1. The topological polar surface area (TPSA) is 64.4 Å². The number of nitrogens with zero attached hydrogens (tertiary/aromatic N) is 1. The number of anilines is 1. The molecule has 1 heterocycles. The summed E-state index contributed by atoms with van der Waals surface area (Å²) in [5.74, 6) is 0.739. The second kappa shape index (κ2) is 8.37. The number of fused-ring (bicyclic) bond motifs is 2. The van der Waals surface area contributed by atoms with E-state index >= 15 is 0 Å². The predicted molar refractivity (Wildman–Crippen MR) is 135 cm³/mol. The maximum Gasteiger partial charge on any atom is 0.259 e. The minimum Gasteiger partial charge on any atom is -0.495 e. The van der Waals surface area contributed by atoms with Crippen molar-refractivity contribution in [3.05, 3.63) is 87.9 Å². The molecule has 6 heteroatoms. The molecular formula is C27H21BrN2O3. The molecule has 0 aliphatic rings. The number of methoxy groups -OCH3 is 1. The van der Waals surface area contributed by atoms with Crippen LogP contribution in [0.4, 0.5) is 5.69 Å². The average Bonchev–Trinajstić information content (AvgIpc) is 3.22. The lowest BCUT2D eigenvalue weighted by Gasteiger charge is -2.14. The monoisotopic (exact) mass is 500 g/mol. The van der Waals surface area contributed by atoms with Crippen molar-refractivity contribution in [1.82, 2.24) is 4.98 Å². The molecule has 164 valence electrons. The molecule has 0 unspecified atom stereocenters. The normalized spacial score (nSPS) is 11.2. The van der Waals surface area contributed by atoms with Gasteiger partial charge in [-0.25, -0.2) is 4.98 Å². The molecule has 4 aromatic carbocycles. The first kappa shape index (κ1) is 21.2. The van der Waals surface area contributed by atoms with Gasteiger partial charge in [-0.15, -0.1) is 0 Å². The number of benzene rings is 4. The molecule has 5 aromatic rings. The van der Waals surface area contributed by atoms with Gasteiger partial charge in [0, 0.05) is 11.3 Å². The van der Waals surface area contributed by atoms with E-state index < -0.39 is 0 Å². The summed E-state index contributed by atoms with van der Waals surface area (Å²) in [6, 6.07) is 21.2. The summed E-state index contributed by atoms with van der Waals surface area (Å²) in [7, 11) is 1.56. The molecule has 0 aliphatic carbocycles. The summed E-state index contributed by atoms with van der Waals surface area (Å²) in [6.07, 6.45) is 0. The number of rotatable bonds is 4. The molecule has 0 saturated carbocycles. The van der Waals surface area contributed by atoms with Gasteiger partial charge in [-0.05, 0) is 88.1 Å². The third-order valence-corrected chi connectivity index (χ3v) is 6.55. The van der Waals surface area contributed by atoms with E-state index in [0.29, 0.717) is 22.9 Å². The number of oxazole rings is 1. The molecule has 1 N–H and O–H groups in total. The minimum absolute atomic E-state index is 0.265. The lowest BCUT2D eigenvalue weighted by molar-refractivity contribution is 0.102. The van der Waals surface area contributed by atoms with Crippen LogP contribution < -0.4 is 10.1 Å². The zero-order chi connectivity index (χ0) is 23.1. The molecule has 0 radical (unpaired) electrons. The number of halogens is 1. The summed E-state index contributed by atoms with van der Waals surface area (Å²) < 4.78 is 12.3. The van der Waals surface area contributed by atoms with Gasteiger partial charge in [0.1, 0.15) is 11.3 Å². The number of hydrogen-bond donors (Lipinski definition) is 1. The van der Waals surface area contributed by atoms with E-state index in [2.05, 4.69) is 33.2 Å². The Balaban J connectivity index is 1.49. The van der Waals surface area contributed by atoms with Crippen LogP contribution in [-0.2, 0) is 0 Å². The van der Waals surface area contributed by atoms with Gasteiger partial charge in [0.2, 0.25) is 5.89 Å². The molecule has 0 fully saturated rings. The molecular weight excluding hydrogens is 480 g/mol. The smallest absolute Gasteiger partial charge is 0.259 e. The number of hydrogen-bond acceptors (Lipinski definition) is 4. The second-order valence-corrected chi connectivity index (χ2v) is 8.74. The SMILES string of the molecule is COc1c(C(=O)Nc2cccc(-c3nc4cc(C)c(C)cc4o3)c2)cc2ccccc2c1Br. The number of nitrogens with one attached hydrogen (secondary N) is 1. The number of ether oxygens (including phenoxy) is 1. The van der Waals surface area contributed by atoms with Crippen molar-refractivity contribution in [1.29, 1.82) is 0 Å². The lowest BCUT2D eigenvalue weighted by atomic mass is 10.0. The van der Waals surface area contributed by atoms with Gasteiger partial charge in [-0.1, -0.05) is 30.3 Å². The molecule has 33 heavy (non-hydrogen) atoms. The quantitative estimate of drug-likeness (QED) is 0.281. The standard InChI is InChI=1S/C27H21BrN2O3/c1-15-11-22-23(12-16(15)2)33-27(30-22)18-8-6-9-19(13-18)29-26(31)21-14-17-7-4-5-10-20(17)24(28)25(21)32-3/h4-14H,1-3H3,(H,29,31). The zero-order valence-electron chi connectivity index (χ0n) is 18.4. The van der Waals surface area contributed by atoms with Crippen LogP contribution in [0.1, 0.15) is 21.5 Å². The summed E-state index contributed by atoms with van der Waals surface area (Å²) >= 11 is 3.59. The molecule has 5 rings (SSSR count). The van der Waals surface area contributed by atoms with Crippen LogP contribution in [0.25, 0.3) is 33.3 Å². The maximum atomic E-state index is 13.2. The number of aryl methyl sites for hydroxylation is 2. The molecule has 0 atom stereocenters. The highest BCUT2D eigenvalue weighted by atomic mass is 79.9. The number of carbonyl (C=O) groups excluding carboxylic acids is 1. The van der Waals surface area contributed by atoms with Gasteiger partial charge in [0.05, 0.1) is 17.1 Å². The summed E-state index contributed by atoms with van der Waals surface area (Å²) in [5.41, 5.74) is 5.74. The van der Waals surface area contributed by atoms with Crippen LogP contribution >= 0.6 is 15.9 Å². The van der Waals surface area contributed by atoms with Crippen LogP contribution in [0.3, 0.4) is 0 Å². The molecule has 1 aromatic heterocycles. The Hall–Kier alpha value is -3.64. The van der Waals surface area contributed by atoms with Crippen molar-refractivity contribution in [2.75, 3.05) is 12.4 Å². The van der Waals surface area contributed by atoms with Crippen molar-refractivity contribution >= 4 is 49.4 Å². The van der Waals surface area contributed by atoms with E-state index in [1.807, 2.05) is 73.7 Å². The molecule has 0 saturated heterocycles. The maximum absolute atomic E-state index is 13.2. The van der Waals surface area contributed by atoms with Crippen molar-refractivity contribution in [3.8, 4) is 17.2 Å². The highest BCUT2D eigenvalue weighted by molar-refractivity contribution is 9.10. The van der Waals surface area contributed by atoms with Gasteiger partial charge in [0.15, 0.2) is 5.58 Å². The van der Waals surface area contributed by atoms with E-state index in [4.69, 9.17) is 9.15 Å². The van der Waals surface area contributed by atoms with Crippen LogP contribution in [0.2, 0.25) is 0 Å². The van der Waals surface area contributed by atoms with Crippen molar-refractivity contribution in [2.45, 2.75) is 13.8 Å². The molecule has 1 amide bonds. The van der Waals surface area contributed by atoms with E-state index in [1.165, 1.54) is 5.56 Å². The summed E-state index contributed by atoms with van der Waals surface area (Å²) in [6.45, 7) is 4.10. The van der Waals surface area contributed by atoms with Gasteiger partial charge < -0.3 is 14.5 Å². The average molecular weight is 501 g/mol. The Kier molecular flexibility index (Phi) is 5.38. The van der Waals surface area contributed by atoms with Gasteiger partial charge >= 0.3 is 0 Å². The highest BCUT2D eigenvalue weighted by Gasteiger charge is 2.19. The van der Waals surface area contributed by atoms with E-state index in [9.17, 15) is 4.79 Å². The Morgan fingerprint density at radius 1 is 1.00 bits per heavy atom. The fourth-order valence-electron chi connectivity index (χ4n) is 3.88. The summed E-state index contributed by atoms with van der Waals surface area (Å²) in [5, 5.41) is 4.90. The molecule has 5 nitrogen and oxygen atoms in total. The van der Waals surface area contributed by atoms with Gasteiger partial charge in [-0.3, -0.25) is 4.79 Å². The Labute approximate surface area is 199 Å². The lowest BCUT2D eigenvalue weighted by Crippen LogP contribution is -2.13. The second-order valence-electron chi connectivity index (χ2n) is 7.95. The Morgan fingerprint density at radius 2 is 1.79 bits per heavy atom. The van der Waals surface area contributed by atoms with Crippen LogP contribution in [0.5, 0.6) is 5.75 Å². The minimum atomic E-state index is -0.265. The van der Waals surface area contributed by atoms with Crippen LogP contribution in [0, 0.1) is 13.8 Å². The first-order chi connectivity index (χ1) is 15.9. The molecule has 0 spiro atoms. The Bertz CT molecular complexity index is 1500. The van der Waals surface area contributed by atoms with Crippen molar-refractivity contribution in [3.63, 3.8) is 0 Å². The predicted octanol–water partition coefficient (Wildman–Crippen LogP) is 7.29. The third kappa shape index (κ3) is 3.87. The van der Waals surface area contributed by atoms with E-state index in [1.54, 1.807) is 7.11 Å². The van der Waals surface area contributed by atoms with Crippen molar-refractivity contribution < 1.29 is 13.9 Å². The highest BCUT2D eigenvalue weighted by Crippen LogP contribution is 2.37. The third-order valence-electron chi connectivity index (χ3n) is 5.76. The van der Waals surface area contributed by atoms with Crippen LogP contribution in [-0.4, -0.2) is 18.0 Å². The zero-order valence-corrected chi connectivity index (χ0v) is 20.0. The van der Waals surface area contributed by atoms with E-state index in [0.717, 1.165) is 37.5 Å². The fraction of sp³-hybridized carbons (Fsp3) is 0.111. The van der Waals surface area contributed by atoms with Crippen molar-refractivity contribution in [2.24, 2.45) is 0 Å². The first-order valence-corrected chi connectivity index (χ1v) is 11.3. The number of aromatic nitrogens is 1. The van der Waals surface area contributed by atoms with Gasteiger partial charge in [0.25, 0.3) is 5.91 Å². The first-order valence-electron chi connectivity index (χ1n) is 10.5.